The van der Waals surface area contributed by atoms with Gasteiger partial charge in [0.1, 0.15) is 6.04 Å². The quantitative estimate of drug-likeness (QED) is 0.0524. The number of carbonyl (C=O) groups is 7. The highest BCUT2D eigenvalue weighted by atomic mass is 16.2. The summed E-state index contributed by atoms with van der Waals surface area (Å²) in [6, 6.07) is 27.0. The lowest BCUT2D eigenvalue weighted by Crippen LogP contribution is -2.54. The van der Waals surface area contributed by atoms with Crippen molar-refractivity contribution in [2.24, 2.45) is 5.92 Å². The van der Waals surface area contributed by atoms with Crippen LogP contribution in [0.25, 0.3) is 22.0 Å². The number of anilines is 2. The number of imide groups is 2. The topological polar surface area (TPSA) is 172 Å². The lowest BCUT2D eigenvalue weighted by Gasteiger charge is -2.27. The molecule has 0 radical (unpaired) electrons. The summed E-state index contributed by atoms with van der Waals surface area (Å²) in [4.78, 5) is 95.2. The van der Waals surface area contributed by atoms with Crippen molar-refractivity contribution in [3.63, 3.8) is 0 Å². The number of hydrogen-bond acceptors (Lipinski definition) is 9. The summed E-state index contributed by atoms with van der Waals surface area (Å²) in [5, 5.41) is 9.41. The van der Waals surface area contributed by atoms with Crippen LogP contribution in [0.2, 0.25) is 0 Å². The first kappa shape index (κ1) is 40.4. The van der Waals surface area contributed by atoms with Crippen LogP contribution >= 0.6 is 0 Å². The van der Waals surface area contributed by atoms with Crippen molar-refractivity contribution in [1.29, 1.82) is 0 Å². The van der Waals surface area contributed by atoms with Crippen molar-refractivity contribution >= 4 is 63.4 Å². The number of amides is 5. The molecule has 12 heteroatoms. The minimum Gasteiger partial charge on any atom is -0.356 e. The maximum atomic E-state index is 13.4. The number of nitrogens with zero attached hydrogens (tertiary/aromatic N) is 2. The van der Waals surface area contributed by atoms with Crippen LogP contribution in [0, 0.1) is 5.92 Å². The molecular formula is C47H45N5O7. The predicted molar refractivity (Wildman–Crippen MR) is 223 cm³/mol. The van der Waals surface area contributed by atoms with E-state index >= 15 is 0 Å². The Labute approximate surface area is 341 Å². The molecule has 3 N–H and O–H groups in total. The van der Waals surface area contributed by atoms with Crippen LogP contribution in [0.5, 0.6) is 0 Å². The largest absolute Gasteiger partial charge is 0.356 e. The molecule has 2 atom stereocenters. The molecule has 0 bridgehead atoms. The first-order chi connectivity index (χ1) is 28.5. The van der Waals surface area contributed by atoms with E-state index in [1.807, 2.05) is 79.7 Å². The fourth-order valence-corrected chi connectivity index (χ4v) is 7.72. The number of fused-ring (bicyclic) bond motifs is 2. The number of para-hydroxylation sites is 1. The molecule has 4 aromatic carbocycles. The first-order valence-electron chi connectivity index (χ1n) is 20.1. The van der Waals surface area contributed by atoms with Crippen molar-refractivity contribution < 1.29 is 33.6 Å². The SMILES string of the molecule is CCC(=O)c1cnc2ccc(-c3ccc(C(=O)CCCCCNC(=O)C(C)Cc4cccc5c4C(=O)N(C4CCC(=O)NC4=O)C5=O)cc3)cc2c1Nc1ccccc1. The number of benzene rings is 4. The van der Waals surface area contributed by atoms with Gasteiger partial charge in [-0.25, -0.2) is 0 Å². The molecule has 2 aliphatic rings. The van der Waals surface area contributed by atoms with Gasteiger partial charge < -0.3 is 10.6 Å². The van der Waals surface area contributed by atoms with Crippen LogP contribution in [-0.2, 0) is 20.8 Å². The minimum atomic E-state index is -1.06. The van der Waals surface area contributed by atoms with E-state index in [1.165, 1.54) is 6.07 Å². The summed E-state index contributed by atoms with van der Waals surface area (Å²) >= 11 is 0. The zero-order valence-corrected chi connectivity index (χ0v) is 33.0. The Hall–Kier alpha value is -6.82. The summed E-state index contributed by atoms with van der Waals surface area (Å²) in [6.07, 6.45) is 4.76. The number of rotatable bonds is 16. The highest BCUT2D eigenvalue weighted by Gasteiger charge is 2.45. The van der Waals surface area contributed by atoms with Gasteiger partial charge in [-0.1, -0.05) is 80.9 Å². The minimum absolute atomic E-state index is 0.00373. The second kappa shape index (κ2) is 17.8. The molecular weight excluding hydrogens is 747 g/mol. The summed E-state index contributed by atoms with van der Waals surface area (Å²) in [5.74, 6) is -2.95. The fourth-order valence-electron chi connectivity index (χ4n) is 7.72. The van der Waals surface area contributed by atoms with Crippen LogP contribution in [0.3, 0.4) is 0 Å². The first-order valence-corrected chi connectivity index (χ1v) is 20.1. The fraction of sp³-hybridized carbons (Fsp3) is 0.277. The molecule has 12 nitrogen and oxygen atoms in total. The second-order valence-electron chi connectivity index (χ2n) is 15.0. The number of piperidine rings is 1. The molecule has 59 heavy (non-hydrogen) atoms. The number of unbranched alkanes of at least 4 members (excludes halogenated alkanes) is 2. The lowest BCUT2D eigenvalue weighted by atomic mass is 9.94. The number of carbonyl (C=O) groups excluding carboxylic acids is 7. The molecule has 1 fully saturated rings. The number of ketones is 2. The molecule has 5 aromatic rings. The van der Waals surface area contributed by atoms with Crippen molar-refractivity contribution in [1.82, 2.24) is 20.5 Å². The third kappa shape index (κ3) is 8.72. The third-order valence-corrected chi connectivity index (χ3v) is 11.0. The van der Waals surface area contributed by atoms with E-state index in [0.717, 1.165) is 39.0 Å². The van der Waals surface area contributed by atoms with Crippen LogP contribution in [-0.4, -0.2) is 63.6 Å². The summed E-state index contributed by atoms with van der Waals surface area (Å²) in [7, 11) is 0. The average Bonchev–Trinajstić information content (AvgIpc) is 3.50. The van der Waals surface area contributed by atoms with E-state index in [2.05, 4.69) is 20.9 Å². The van der Waals surface area contributed by atoms with Gasteiger partial charge in [0.05, 0.1) is 27.9 Å². The van der Waals surface area contributed by atoms with E-state index in [1.54, 1.807) is 25.3 Å². The number of aromatic nitrogens is 1. The molecule has 5 amide bonds. The maximum Gasteiger partial charge on any atom is 0.262 e. The summed E-state index contributed by atoms with van der Waals surface area (Å²) in [5.41, 5.74) is 6.27. The molecule has 1 aromatic heterocycles. The van der Waals surface area contributed by atoms with Gasteiger partial charge >= 0.3 is 0 Å². The molecule has 2 unspecified atom stereocenters. The number of Topliss-reactive ketones (excluding diaryl/α,β-unsaturated/α-hetero) is 2. The van der Waals surface area contributed by atoms with E-state index in [-0.39, 0.29) is 47.9 Å². The van der Waals surface area contributed by atoms with Crippen molar-refractivity contribution in [2.75, 3.05) is 11.9 Å². The van der Waals surface area contributed by atoms with Crippen LogP contribution in [0.4, 0.5) is 11.4 Å². The van der Waals surface area contributed by atoms with Gasteiger partial charge in [0.15, 0.2) is 11.6 Å². The average molecular weight is 792 g/mol. The molecule has 0 spiro atoms. The monoisotopic (exact) mass is 791 g/mol. The Balaban J connectivity index is 0.892. The summed E-state index contributed by atoms with van der Waals surface area (Å²) < 4.78 is 0. The Morgan fingerprint density at radius 2 is 1.61 bits per heavy atom. The smallest absolute Gasteiger partial charge is 0.262 e. The van der Waals surface area contributed by atoms with Gasteiger partial charge in [-0.15, -0.1) is 0 Å². The summed E-state index contributed by atoms with van der Waals surface area (Å²) in [6.45, 7) is 4.01. The van der Waals surface area contributed by atoms with Crippen LogP contribution < -0.4 is 16.0 Å². The molecule has 1 saturated heterocycles. The third-order valence-electron chi connectivity index (χ3n) is 11.0. The molecule has 300 valence electrons. The van der Waals surface area contributed by atoms with Crippen molar-refractivity contribution in [3.05, 3.63) is 125 Å². The van der Waals surface area contributed by atoms with Crippen molar-refractivity contribution in [3.8, 4) is 11.1 Å². The Bertz CT molecular complexity index is 2480. The second-order valence-corrected chi connectivity index (χ2v) is 15.0. The molecule has 2 aliphatic heterocycles. The highest BCUT2D eigenvalue weighted by Crippen LogP contribution is 2.34. The van der Waals surface area contributed by atoms with Gasteiger partial charge in [-0.2, -0.15) is 0 Å². The number of hydrogen-bond donors (Lipinski definition) is 3. The van der Waals surface area contributed by atoms with Gasteiger partial charge in [0.2, 0.25) is 17.7 Å². The molecule has 0 aliphatic carbocycles. The Morgan fingerprint density at radius 1 is 0.847 bits per heavy atom. The molecule has 3 heterocycles. The standard InChI is InChI=1S/C47H45N5O7/c1-3-39(53)36-27-49-37-21-20-31(26-35(37)43(36)50-33-12-6-4-7-13-33)29-16-18-30(19-17-29)40(54)15-8-5-9-24-48-44(56)28(2)25-32-11-10-14-34-42(32)47(59)52(46(34)58)38-22-23-41(55)51-45(38)57/h4,6-7,10-14,16-21,26-28,38H,3,5,8-9,15,22-25H2,1-2H3,(H,48,56)(H,49,50)(H,51,55,57). The van der Waals surface area contributed by atoms with Crippen molar-refractivity contribution in [2.45, 2.75) is 71.3 Å². The van der Waals surface area contributed by atoms with Crippen LogP contribution in [0.1, 0.15) is 106 Å². The van der Waals surface area contributed by atoms with E-state index in [9.17, 15) is 33.6 Å². The predicted octanol–water partition coefficient (Wildman–Crippen LogP) is 7.38. The van der Waals surface area contributed by atoms with Crippen LogP contribution in [0.15, 0.2) is 97.2 Å². The molecule has 0 saturated carbocycles. The highest BCUT2D eigenvalue weighted by molar-refractivity contribution is 6.24. The maximum absolute atomic E-state index is 13.4. The number of pyridine rings is 1. The zero-order valence-electron chi connectivity index (χ0n) is 33.0. The normalized spacial score (nSPS) is 15.5. The van der Waals surface area contributed by atoms with E-state index < -0.39 is 35.6 Å². The zero-order chi connectivity index (χ0) is 41.6. The molecule has 7 rings (SSSR count). The van der Waals surface area contributed by atoms with Gasteiger partial charge in [0.25, 0.3) is 11.8 Å². The van der Waals surface area contributed by atoms with Gasteiger partial charge in [-0.3, -0.25) is 48.8 Å². The Morgan fingerprint density at radius 3 is 2.36 bits per heavy atom. The van der Waals surface area contributed by atoms with E-state index in [0.29, 0.717) is 54.6 Å². The number of nitrogens with one attached hydrogen (secondary N) is 3. The van der Waals surface area contributed by atoms with Gasteiger partial charge in [0, 0.05) is 54.6 Å². The van der Waals surface area contributed by atoms with E-state index in [4.69, 9.17) is 0 Å². The van der Waals surface area contributed by atoms with Gasteiger partial charge in [-0.05, 0) is 72.7 Å². The lowest BCUT2D eigenvalue weighted by molar-refractivity contribution is -0.136. The Kier molecular flexibility index (Phi) is 12.2.